The summed E-state index contributed by atoms with van der Waals surface area (Å²) in [5.74, 6) is -0.798. The highest BCUT2D eigenvalue weighted by Gasteiger charge is 2.41. The van der Waals surface area contributed by atoms with E-state index < -0.39 is 5.97 Å². The minimum absolute atomic E-state index is 0.125. The van der Waals surface area contributed by atoms with Gasteiger partial charge >= 0.3 is 5.97 Å². The summed E-state index contributed by atoms with van der Waals surface area (Å²) in [6, 6.07) is 0. The lowest BCUT2D eigenvalue weighted by molar-refractivity contribution is -0.136. The van der Waals surface area contributed by atoms with Gasteiger partial charge in [-0.25, -0.2) is 4.79 Å². The molecule has 14 heavy (non-hydrogen) atoms. The molecule has 0 heterocycles. The van der Waals surface area contributed by atoms with Crippen molar-refractivity contribution >= 4 is 11.8 Å². The van der Waals surface area contributed by atoms with Crippen LogP contribution in [0, 0.1) is 11.8 Å². The first-order valence-corrected chi connectivity index (χ1v) is 4.45. The number of methoxy groups -OCH3 is 2. The highest BCUT2D eigenvalue weighted by Crippen LogP contribution is 2.34. The quantitative estimate of drug-likeness (QED) is 0.619. The maximum absolute atomic E-state index is 11.6. The molecule has 0 fully saturated rings. The van der Waals surface area contributed by atoms with Gasteiger partial charge in [0.05, 0.1) is 19.8 Å². The lowest BCUT2D eigenvalue weighted by Crippen LogP contribution is -2.14. The number of ether oxygens (including phenoxy) is 2. The zero-order chi connectivity index (χ0) is 10.9. The topological polar surface area (TPSA) is 52.6 Å². The highest BCUT2D eigenvalue weighted by molar-refractivity contribution is 6.07. The molecule has 1 aliphatic rings. The van der Waals surface area contributed by atoms with E-state index in [2.05, 4.69) is 4.74 Å². The second-order valence-corrected chi connectivity index (χ2v) is 3.38. The molecule has 0 aromatic heterocycles. The van der Waals surface area contributed by atoms with Gasteiger partial charge in [0.15, 0.2) is 5.76 Å². The first-order valence-electron chi connectivity index (χ1n) is 4.45. The van der Waals surface area contributed by atoms with E-state index >= 15 is 0 Å². The van der Waals surface area contributed by atoms with Crippen molar-refractivity contribution in [3.05, 3.63) is 11.3 Å². The van der Waals surface area contributed by atoms with E-state index in [-0.39, 0.29) is 23.4 Å². The first kappa shape index (κ1) is 10.8. The fraction of sp³-hybridized carbons (Fsp3) is 0.600. The van der Waals surface area contributed by atoms with Crippen molar-refractivity contribution < 1.29 is 19.1 Å². The SMILES string of the molecule is COC(=O)C1=C(OC)C(=O)C(C)C1C. The number of esters is 1. The van der Waals surface area contributed by atoms with Gasteiger partial charge in [-0.15, -0.1) is 0 Å². The van der Waals surface area contributed by atoms with E-state index in [1.165, 1.54) is 14.2 Å². The van der Waals surface area contributed by atoms with Crippen LogP contribution in [0.25, 0.3) is 0 Å². The molecule has 2 unspecified atom stereocenters. The Bertz CT molecular complexity index is 303. The third-order valence-electron chi connectivity index (χ3n) is 2.70. The van der Waals surface area contributed by atoms with Crippen molar-refractivity contribution in [2.24, 2.45) is 11.8 Å². The van der Waals surface area contributed by atoms with E-state index in [1.54, 1.807) is 6.92 Å². The fourth-order valence-corrected chi connectivity index (χ4v) is 1.62. The van der Waals surface area contributed by atoms with Gasteiger partial charge in [0, 0.05) is 11.8 Å². The molecule has 0 spiro atoms. The monoisotopic (exact) mass is 198 g/mol. The average Bonchev–Trinajstić information content (AvgIpc) is 2.41. The molecule has 1 rings (SSSR count). The predicted molar refractivity (Wildman–Crippen MR) is 49.4 cm³/mol. The summed E-state index contributed by atoms with van der Waals surface area (Å²) in [7, 11) is 2.68. The average molecular weight is 198 g/mol. The molecule has 0 aliphatic heterocycles. The molecule has 0 saturated heterocycles. The van der Waals surface area contributed by atoms with Crippen LogP contribution in [0.3, 0.4) is 0 Å². The highest BCUT2D eigenvalue weighted by atomic mass is 16.5. The Labute approximate surface area is 82.9 Å². The number of allylic oxidation sites excluding steroid dienone is 1. The number of rotatable bonds is 2. The normalized spacial score (nSPS) is 26.7. The smallest absolute Gasteiger partial charge is 0.337 e. The third-order valence-corrected chi connectivity index (χ3v) is 2.70. The van der Waals surface area contributed by atoms with Gasteiger partial charge in [-0.1, -0.05) is 13.8 Å². The molecule has 2 atom stereocenters. The molecule has 4 heteroatoms. The molecule has 0 N–H and O–H groups in total. The predicted octanol–water partition coefficient (Wildman–Crippen LogP) is 0.915. The van der Waals surface area contributed by atoms with Crippen LogP contribution in [0.15, 0.2) is 11.3 Å². The molecule has 0 aromatic rings. The van der Waals surface area contributed by atoms with Crippen LogP contribution >= 0.6 is 0 Å². The van der Waals surface area contributed by atoms with Gasteiger partial charge < -0.3 is 9.47 Å². The largest absolute Gasteiger partial charge is 0.492 e. The van der Waals surface area contributed by atoms with Gasteiger partial charge in [0.2, 0.25) is 5.78 Å². The first-order chi connectivity index (χ1) is 6.54. The molecule has 1 aliphatic carbocycles. The maximum Gasteiger partial charge on any atom is 0.337 e. The number of hydrogen-bond acceptors (Lipinski definition) is 4. The minimum atomic E-state index is -0.480. The number of carbonyl (C=O) groups excluding carboxylic acids is 2. The van der Waals surface area contributed by atoms with Crippen LogP contribution in [0.1, 0.15) is 13.8 Å². The van der Waals surface area contributed by atoms with Crippen molar-refractivity contribution in [2.75, 3.05) is 14.2 Å². The van der Waals surface area contributed by atoms with Crippen molar-refractivity contribution in [1.82, 2.24) is 0 Å². The van der Waals surface area contributed by atoms with Crippen LogP contribution < -0.4 is 0 Å². The van der Waals surface area contributed by atoms with Gasteiger partial charge in [-0.05, 0) is 0 Å². The zero-order valence-corrected chi connectivity index (χ0v) is 8.79. The summed E-state index contributed by atoms with van der Waals surface area (Å²) in [6.07, 6.45) is 0. The lowest BCUT2D eigenvalue weighted by Gasteiger charge is -2.09. The van der Waals surface area contributed by atoms with Crippen molar-refractivity contribution in [2.45, 2.75) is 13.8 Å². The summed E-state index contributed by atoms with van der Waals surface area (Å²) in [6.45, 7) is 3.60. The van der Waals surface area contributed by atoms with Crippen LogP contribution in [0.5, 0.6) is 0 Å². The van der Waals surface area contributed by atoms with Gasteiger partial charge in [-0.2, -0.15) is 0 Å². The molecule has 0 saturated carbocycles. The number of carbonyl (C=O) groups is 2. The van der Waals surface area contributed by atoms with Gasteiger partial charge in [-0.3, -0.25) is 4.79 Å². The van der Waals surface area contributed by atoms with Crippen molar-refractivity contribution in [3.8, 4) is 0 Å². The molecule has 0 bridgehead atoms. The second-order valence-electron chi connectivity index (χ2n) is 3.38. The molecular formula is C10H14O4. The Morgan fingerprint density at radius 3 is 2.21 bits per heavy atom. The molecule has 0 aromatic carbocycles. The van der Waals surface area contributed by atoms with Crippen LogP contribution in [-0.2, 0) is 19.1 Å². The summed E-state index contributed by atoms with van der Waals surface area (Å²) >= 11 is 0. The van der Waals surface area contributed by atoms with E-state index in [9.17, 15) is 9.59 Å². The Morgan fingerprint density at radius 1 is 1.21 bits per heavy atom. The van der Waals surface area contributed by atoms with Crippen molar-refractivity contribution in [3.63, 3.8) is 0 Å². The molecule has 0 amide bonds. The Morgan fingerprint density at radius 2 is 1.79 bits per heavy atom. The van der Waals surface area contributed by atoms with Crippen molar-refractivity contribution in [1.29, 1.82) is 0 Å². The van der Waals surface area contributed by atoms with Gasteiger partial charge in [0.25, 0.3) is 0 Å². The standard InChI is InChI=1S/C10H14O4/c1-5-6(2)8(11)9(13-3)7(5)10(12)14-4/h5-6H,1-4H3. The van der Waals surface area contributed by atoms with E-state index in [4.69, 9.17) is 4.74 Å². The number of Topliss-reactive ketones (excluding diaryl/α,β-unsaturated/α-hetero) is 1. The summed E-state index contributed by atoms with van der Waals surface area (Å²) < 4.78 is 9.53. The summed E-state index contributed by atoms with van der Waals surface area (Å²) in [5, 5.41) is 0. The Balaban J connectivity index is 3.14. The molecule has 78 valence electrons. The third kappa shape index (κ3) is 1.41. The number of ketones is 1. The van der Waals surface area contributed by atoms with Crippen LogP contribution in [0.4, 0.5) is 0 Å². The lowest BCUT2D eigenvalue weighted by atomic mass is 9.94. The van der Waals surface area contributed by atoms with Gasteiger partial charge in [0.1, 0.15) is 0 Å². The molecular weight excluding hydrogens is 184 g/mol. The summed E-state index contributed by atoms with van der Waals surface area (Å²) in [5.41, 5.74) is 0.354. The fourth-order valence-electron chi connectivity index (χ4n) is 1.62. The van der Waals surface area contributed by atoms with Crippen LogP contribution in [0.2, 0.25) is 0 Å². The molecule has 0 radical (unpaired) electrons. The molecule has 4 nitrogen and oxygen atoms in total. The summed E-state index contributed by atoms with van der Waals surface area (Å²) in [4.78, 5) is 23.0. The minimum Gasteiger partial charge on any atom is -0.492 e. The van der Waals surface area contributed by atoms with E-state index in [0.717, 1.165) is 0 Å². The number of hydrogen-bond donors (Lipinski definition) is 0. The van der Waals surface area contributed by atoms with E-state index in [0.29, 0.717) is 5.57 Å². The Hall–Kier alpha value is -1.32. The Kier molecular flexibility index (Phi) is 2.93. The van der Waals surface area contributed by atoms with Crippen LogP contribution in [-0.4, -0.2) is 26.0 Å². The van der Waals surface area contributed by atoms with E-state index in [1.807, 2.05) is 6.92 Å². The second kappa shape index (κ2) is 3.82. The maximum atomic E-state index is 11.6. The zero-order valence-electron chi connectivity index (χ0n) is 8.79.